The number of pyridine rings is 1. The minimum atomic E-state index is -0.600. The molecule has 8 nitrogen and oxygen atoms in total. The van der Waals surface area contributed by atoms with Gasteiger partial charge in [0.2, 0.25) is 5.91 Å². The summed E-state index contributed by atoms with van der Waals surface area (Å²) < 4.78 is 21.5. The minimum absolute atomic E-state index is 0.0862. The molecular formula is C25H27BrFN5O3S. The van der Waals surface area contributed by atoms with Crippen molar-refractivity contribution in [2.45, 2.75) is 62.7 Å². The van der Waals surface area contributed by atoms with Gasteiger partial charge in [0.15, 0.2) is 5.82 Å². The van der Waals surface area contributed by atoms with Gasteiger partial charge in [0.05, 0.1) is 40.5 Å². The number of halogens is 2. The Morgan fingerprint density at radius 3 is 2.86 bits per heavy atom. The third kappa shape index (κ3) is 4.08. The molecule has 1 aliphatic carbocycles. The normalized spacial score (nSPS) is 22.7. The highest BCUT2D eigenvalue weighted by molar-refractivity contribution is 9.10. The minimum Gasteiger partial charge on any atom is -0.444 e. The third-order valence-corrected chi connectivity index (χ3v) is 8.52. The highest BCUT2D eigenvalue weighted by atomic mass is 79.9. The maximum atomic E-state index is 15.6. The molecule has 3 fully saturated rings. The lowest BCUT2D eigenvalue weighted by molar-refractivity contribution is -0.115. The summed E-state index contributed by atoms with van der Waals surface area (Å²) in [5.41, 5.74) is 1.57. The molecule has 3 unspecified atom stereocenters. The number of aromatic nitrogens is 1. The summed E-state index contributed by atoms with van der Waals surface area (Å²) in [4.78, 5) is 34.1. The number of thioether (sulfide) groups is 1. The number of carbonyl (C=O) groups is 2. The molecule has 3 atom stereocenters. The van der Waals surface area contributed by atoms with Crippen LogP contribution in [0.25, 0.3) is 10.9 Å². The predicted octanol–water partition coefficient (Wildman–Crippen LogP) is 5.08. The highest BCUT2D eigenvalue weighted by Gasteiger charge is 2.58. The van der Waals surface area contributed by atoms with E-state index in [-0.39, 0.29) is 48.5 Å². The van der Waals surface area contributed by atoms with Gasteiger partial charge in [-0.25, -0.2) is 14.2 Å². The topological polar surface area (TPSA) is 98.6 Å². The molecular weight excluding hydrogens is 549 g/mol. The van der Waals surface area contributed by atoms with Gasteiger partial charge in [0.25, 0.3) is 0 Å². The molecule has 2 bridgehead atoms. The molecule has 1 saturated carbocycles. The van der Waals surface area contributed by atoms with Crippen LogP contribution in [-0.4, -0.2) is 58.9 Å². The number of amides is 2. The van der Waals surface area contributed by atoms with Crippen molar-refractivity contribution in [1.82, 2.24) is 9.88 Å². The molecule has 6 rings (SSSR count). The summed E-state index contributed by atoms with van der Waals surface area (Å²) in [6.45, 7) is 6.18. The first-order valence-electron chi connectivity index (χ1n) is 11.9. The number of benzene rings is 1. The van der Waals surface area contributed by atoms with E-state index in [1.807, 2.05) is 38.0 Å². The van der Waals surface area contributed by atoms with Crippen LogP contribution in [0.2, 0.25) is 0 Å². The third-order valence-electron chi connectivity index (χ3n) is 6.98. The average molecular weight is 576 g/mol. The molecule has 11 heteroatoms. The number of nitrogens with zero attached hydrogens (tertiary/aromatic N) is 4. The van der Waals surface area contributed by atoms with Crippen LogP contribution in [0, 0.1) is 23.1 Å². The van der Waals surface area contributed by atoms with E-state index in [0.717, 1.165) is 12.1 Å². The summed E-state index contributed by atoms with van der Waals surface area (Å²) in [6, 6.07) is 3.80. The fourth-order valence-electron chi connectivity index (χ4n) is 5.53. The lowest BCUT2D eigenvalue weighted by Crippen LogP contribution is -2.59. The fourth-order valence-corrected chi connectivity index (χ4v) is 6.57. The standard InChI is InChI=1S/C25H27BrFN5O3S/c1-25(2,3)35-24(34)31-10-13-9-15(31)21(13)32-11-16(33)29-20-22(32)14-8-12(6-5-7-28)17(26)18(27)19(14)30-23(20)36-4/h8,13,15,21H,5-6,9-11H2,1-4H3,(H,29,33). The molecule has 0 spiro atoms. The van der Waals surface area contributed by atoms with E-state index in [1.165, 1.54) is 11.8 Å². The number of nitriles is 1. The number of fused-ring (bicyclic) bond motifs is 4. The predicted molar refractivity (Wildman–Crippen MR) is 140 cm³/mol. The zero-order chi connectivity index (χ0) is 25.9. The van der Waals surface area contributed by atoms with E-state index in [2.05, 4.69) is 32.3 Å². The monoisotopic (exact) mass is 575 g/mol. The van der Waals surface area contributed by atoms with Crippen molar-refractivity contribution < 1.29 is 18.7 Å². The van der Waals surface area contributed by atoms with E-state index in [1.54, 1.807) is 4.90 Å². The van der Waals surface area contributed by atoms with Crippen LogP contribution in [0.15, 0.2) is 15.6 Å². The maximum Gasteiger partial charge on any atom is 0.410 e. The highest BCUT2D eigenvalue weighted by Crippen LogP contribution is 2.51. The van der Waals surface area contributed by atoms with Gasteiger partial charge in [0, 0.05) is 24.3 Å². The van der Waals surface area contributed by atoms with Crippen LogP contribution in [0.3, 0.4) is 0 Å². The molecule has 190 valence electrons. The summed E-state index contributed by atoms with van der Waals surface area (Å²) in [7, 11) is 0. The molecule has 36 heavy (non-hydrogen) atoms. The van der Waals surface area contributed by atoms with Gasteiger partial charge in [-0.3, -0.25) is 4.79 Å². The number of hydrogen-bond donors (Lipinski definition) is 1. The van der Waals surface area contributed by atoms with Crippen molar-refractivity contribution in [3.63, 3.8) is 0 Å². The molecule has 1 aromatic carbocycles. The van der Waals surface area contributed by atoms with Crippen molar-refractivity contribution in [2.24, 2.45) is 5.92 Å². The summed E-state index contributed by atoms with van der Waals surface area (Å²) in [5.74, 6) is -0.473. The average Bonchev–Trinajstić information content (AvgIpc) is 3.39. The second kappa shape index (κ2) is 9.06. The van der Waals surface area contributed by atoms with Crippen LogP contribution in [0.4, 0.5) is 20.6 Å². The van der Waals surface area contributed by atoms with Crippen LogP contribution < -0.4 is 10.2 Å². The number of anilines is 2. The van der Waals surface area contributed by atoms with Gasteiger partial charge in [-0.05, 0) is 67.4 Å². The van der Waals surface area contributed by atoms with Crippen LogP contribution in [-0.2, 0) is 16.0 Å². The van der Waals surface area contributed by atoms with Gasteiger partial charge in [-0.15, -0.1) is 11.8 Å². The molecule has 2 amide bonds. The SMILES string of the molecule is CSc1nc2c(F)c(Br)c(CCC#N)cc2c2c1NC(=O)CN2C1C2CC1N(C(=O)OC(C)(C)C)C2. The summed E-state index contributed by atoms with van der Waals surface area (Å²) in [5, 5.41) is 13.2. The summed E-state index contributed by atoms with van der Waals surface area (Å²) >= 11 is 4.70. The molecule has 2 aromatic rings. The Morgan fingerprint density at radius 1 is 1.44 bits per heavy atom. The Hall–Kier alpha value is -2.58. The molecule has 4 aliphatic rings. The Bertz CT molecular complexity index is 1320. The number of hydrogen-bond acceptors (Lipinski definition) is 7. The van der Waals surface area contributed by atoms with Crippen molar-refractivity contribution in [3.8, 4) is 6.07 Å². The van der Waals surface area contributed by atoms with Gasteiger partial charge >= 0.3 is 6.09 Å². The van der Waals surface area contributed by atoms with Crippen molar-refractivity contribution >= 4 is 62.0 Å². The Morgan fingerprint density at radius 2 is 2.19 bits per heavy atom. The van der Waals surface area contributed by atoms with Crippen molar-refractivity contribution in [2.75, 3.05) is 29.6 Å². The fraction of sp³-hybridized carbons (Fsp3) is 0.520. The van der Waals surface area contributed by atoms with E-state index in [9.17, 15) is 9.59 Å². The molecule has 1 aromatic heterocycles. The zero-order valence-electron chi connectivity index (χ0n) is 20.5. The molecule has 0 radical (unpaired) electrons. The first-order chi connectivity index (χ1) is 17.0. The van der Waals surface area contributed by atoms with E-state index in [0.29, 0.717) is 39.1 Å². The van der Waals surface area contributed by atoms with Gasteiger partial charge < -0.3 is 19.9 Å². The van der Waals surface area contributed by atoms with Gasteiger partial charge in [-0.2, -0.15) is 5.26 Å². The smallest absolute Gasteiger partial charge is 0.410 e. The van der Waals surface area contributed by atoms with Crippen LogP contribution in [0.1, 0.15) is 39.2 Å². The molecule has 4 heterocycles. The number of nitrogens with one attached hydrogen (secondary N) is 1. The molecule has 1 N–H and O–H groups in total. The van der Waals surface area contributed by atoms with Crippen molar-refractivity contribution in [3.05, 3.63) is 21.9 Å². The second-order valence-corrected chi connectivity index (χ2v) is 12.0. The quantitative estimate of drug-likeness (QED) is 0.507. The zero-order valence-corrected chi connectivity index (χ0v) is 22.9. The number of rotatable bonds is 4. The van der Waals surface area contributed by atoms with Crippen molar-refractivity contribution in [1.29, 1.82) is 5.26 Å². The van der Waals surface area contributed by atoms with Crippen LogP contribution >= 0.6 is 27.7 Å². The first-order valence-corrected chi connectivity index (χ1v) is 13.9. The van der Waals surface area contributed by atoms with Gasteiger partial charge in [0.1, 0.15) is 16.1 Å². The number of carbonyl (C=O) groups excluding carboxylic acids is 2. The Labute approximate surface area is 221 Å². The van der Waals surface area contributed by atoms with E-state index < -0.39 is 11.4 Å². The summed E-state index contributed by atoms with van der Waals surface area (Å²) in [6.07, 6.45) is 2.96. The molecule has 2 saturated heterocycles. The molecule has 3 aliphatic heterocycles. The number of ether oxygens (including phenoxy) is 1. The first kappa shape index (κ1) is 25.1. The Kier molecular flexibility index (Phi) is 6.32. The van der Waals surface area contributed by atoms with E-state index >= 15 is 4.39 Å². The Balaban J connectivity index is 1.62. The maximum absolute atomic E-state index is 15.6. The van der Waals surface area contributed by atoms with Gasteiger partial charge in [-0.1, -0.05) is 0 Å². The largest absolute Gasteiger partial charge is 0.444 e. The lowest BCUT2D eigenvalue weighted by atomic mass is 9.78. The van der Waals surface area contributed by atoms with E-state index in [4.69, 9.17) is 10.00 Å². The lowest BCUT2D eigenvalue weighted by Gasteiger charge is -2.47. The number of aryl methyl sites for hydroxylation is 1. The van der Waals surface area contributed by atoms with Crippen LogP contribution in [0.5, 0.6) is 0 Å². The second-order valence-electron chi connectivity index (χ2n) is 10.4.